The maximum atomic E-state index is 11.6. The lowest BCUT2D eigenvalue weighted by Crippen LogP contribution is -2.27. The van der Waals surface area contributed by atoms with Crippen LogP contribution in [-0.2, 0) is 0 Å². The maximum absolute atomic E-state index is 11.6. The van der Waals surface area contributed by atoms with Crippen LogP contribution >= 0.6 is 0 Å². The number of nitrogens with zero attached hydrogens (tertiary/aromatic N) is 2. The number of anilines is 1. The molecule has 0 aliphatic carbocycles. The Labute approximate surface area is 165 Å². The van der Waals surface area contributed by atoms with Gasteiger partial charge in [0, 0.05) is 24.7 Å². The molecule has 5 nitrogen and oxygen atoms in total. The summed E-state index contributed by atoms with van der Waals surface area (Å²) in [6.45, 7) is 4.38. The Hall–Kier alpha value is -3.08. The van der Waals surface area contributed by atoms with Gasteiger partial charge in [-0.2, -0.15) is 0 Å². The normalized spacial score (nSPS) is 10.8. The number of hydrogen-bond acceptors (Lipinski definition) is 4. The number of rotatable bonds is 10. The summed E-state index contributed by atoms with van der Waals surface area (Å²) in [4.78, 5) is 18.3. The van der Waals surface area contributed by atoms with Gasteiger partial charge in [0.15, 0.2) is 0 Å². The van der Waals surface area contributed by atoms with Crippen LogP contribution in [0.1, 0.15) is 36.5 Å². The largest absolute Gasteiger partial charge is 0.492 e. The second-order valence-corrected chi connectivity index (χ2v) is 6.70. The molecule has 0 bridgehead atoms. The Morgan fingerprint density at radius 1 is 1.04 bits per heavy atom. The molecule has 0 saturated carbocycles. The van der Waals surface area contributed by atoms with E-state index in [-0.39, 0.29) is 5.56 Å². The van der Waals surface area contributed by atoms with Gasteiger partial charge >= 0.3 is 5.97 Å². The quantitative estimate of drug-likeness (QED) is 0.503. The summed E-state index contributed by atoms with van der Waals surface area (Å²) in [5.74, 6) is 0.440. The van der Waals surface area contributed by atoms with E-state index in [0.29, 0.717) is 12.4 Å². The first-order valence-electron chi connectivity index (χ1n) is 9.74. The molecule has 0 spiro atoms. The fraction of sp³-hybridized carbons (Fsp3) is 0.304. The Bertz CT molecular complexity index is 912. The van der Waals surface area contributed by atoms with Crippen LogP contribution in [0.3, 0.4) is 0 Å². The van der Waals surface area contributed by atoms with Crippen LogP contribution in [0.2, 0.25) is 0 Å². The van der Waals surface area contributed by atoms with Gasteiger partial charge in [-0.15, -0.1) is 0 Å². The average molecular weight is 378 g/mol. The first-order valence-corrected chi connectivity index (χ1v) is 9.74. The summed E-state index contributed by atoms with van der Waals surface area (Å²) >= 11 is 0. The van der Waals surface area contributed by atoms with E-state index in [4.69, 9.17) is 4.74 Å². The van der Waals surface area contributed by atoms with Crippen molar-refractivity contribution in [2.75, 3.05) is 24.6 Å². The molecule has 3 aromatic rings. The first kappa shape index (κ1) is 19.7. The van der Waals surface area contributed by atoms with Crippen LogP contribution in [0.15, 0.2) is 60.8 Å². The summed E-state index contributed by atoms with van der Waals surface area (Å²) < 4.78 is 5.97. The lowest BCUT2D eigenvalue weighted by atomic mass is 10.1. The van der Waals surface area contributed by atoms with E-state index in [1.54, 1.807) is 12.3 Å². The number of carboxylic acids is 1. The molecule has 0 aliphatic heterocycles. The van der Waals surface area contributed by atoms with Gasteiger partial charge < -0.3 is 14.7 Å². The van der Waals surface area contributed by atoms with Gasteiger partial charge in [-0.25, -0.2) is 9.78 Å². The summed E-state index contributed by atoms with van der Waals surface area (Å²) in [7, 11) is 0. The molecule has 3 rings (SSSR count). The number of aromatic carboxylic acids is 1. The van der Waals surface area contributed by atoms with E-state index >= 15 is 0 Å². The van der Waals surface area contributed by atoms with Crippen molar-refractivity contribution in [3.63, 3.8) is 0 Å². The summed E-state index contributed by atoms with van der Waals surface area (Å²) in [6, 6.07) is 17.1. The fourth-order valence-corrected chi connectivity index (χ4v) is 3.23. The molecule has 146 valence electrons. The summed E-state index contributed by atoms with van der Waals surface area (Å²) in [5.41, 5.74) is 0.200. The van der Waals surface area contributed by atoms with Crippen LogP contribution < -0.4 is 9.64 Å². The van der Waals surface area contributed by atoms with Crippen LogP contribution in [-0.4, -0.2) is 35.8 Å². The molecule has 1 heterocycles. The predicted octanol–water partition coefficient (Wildman–Crippen LogP) is 5.01. The van der Waals surface area contributed by atoms with Crippen molar-refractivity contribution < 1.29 is 14.6 Å². The lowest BCUT2D eigenvalue weighted by Gasteiger charge is -2.23. The number of hydrogen-bond donors (Lipinski definition) is 1. The Kier molecular flexibility index (Phi) is 6.84. The van der Waals surface area contributed by atoms with Gasteiger partial charge in [-0.1, -0.05) is 49.7 Å². The number of fused-ring (bicyclic) bond motifs is 1. The minimum Gasteiger partial charge on any atom is -0.492 e. The monoisotopic (exact) mass is 378 g/mol. The highest BCUT2D eigenvalue weighted by Gasteiger charge is 2.15. The third kappa shape index (κ3) is 4.80. The molecule has 0 unspecified atom stereocenters. The Morgan fingerprint density at radius 3 is 2.57 bits per heavy atom. The zero-order valence-electron chi connectivity index (χ0n) is 16.2. The van der Waals surface area contributed by atoms with E-state index < -0.39 is 5.97 Å². The highest BCUT2D eigenvalue weighted by Crippen LogP contribution is 2.30. The van der Waals surface area contributed by atoms with Crippen molar-refractivity contribution in [2.45, 2.75) is 26.2 Å². The standard InChI is InChI=1S/C23H26N2O3/c1-2-3-15-25(21-11-6-7-14-24-21)16-8-17-28-22-19-10-5-4-9-18(19)12-13-20(22)23(26)27/h4-7,9-14H,2-3,8,15-17H2,1H3,(H,26,27). The average Bonchev–Trinajstić information content (AvgIpc) is 2.73. The molecule has 1 N–H and O–H groups in total. The lowest BCUT2D eigenvalue weighted by molar-refractivity contribution is 0.0692. The van der Waals surface area contributed by atoms with E-state index in [9.17, 15) is 9.90 Å². The molecule has 28 heavy (non-hydrogen) atoms. The molecule has 5 heteroatoms. The second kappa shape index (κ2) is 9.74. The van der Waals surface area contributed by atoms with Crippen molar-refractivity contribution in [3.05, 3.63) is 66.4 Å². The van der Waals surface area contributed by atoms with Gasteiger partial charge in [0.05, 0.1) is 6.61 Å². The molecule has 0 radical (unpaired) electrons. The Morgan fingerprint density at radius 2 is 1.82 bits per heavy atom. The van der Waals surface area contributed by atoms with Crippen molar-refractivity contribution in [3.8, 4) is 5.75 Å². The van der Waals surface area contributed by atoms with Crippen LogP contribution in [0, 0.1) is 0 Å². The highest BCUT2D eigenvalue weighted by atomic mass is 16.5. The summed E-state index contributed by atoms with van der Waals surface area (Å²) in [5, 5.41) is 11.3. The number of pyridine rings is 1. The molecule has 0 aliphatic rings. The Balaban J connectivity index is 1.68. The fourth-order valence-electron chi connectivity index (χ4n) is 3.23. The molecule has 2 aromatic carbocycles. The first-order chi connectivity index (χ1) is 13.7. The molecule has 0 atom stereocenters. The van der Waals surface area contributed by atoms with Gasteiger partial charge in [-0.3, -0.25) is 0 Å². The zero-order valence-corrected chi connectivity index (χ0v) is 16.2. The van der Waals surface area contributed by atoms with Gasteiger partial charge in [0.25, 0.3) is 0 Å². The van der Waals surface area contributed by atoms with Crippen molar-refractivity contribution >= 4 is 22.6 Å². The molecule has 0 amide bonds. The summed E-state index contributed by atoms with van der Waals surface area (Å²) in [6.07, 6.45) is 4.81. The minimum absolute atomic E-state index is 0.200. The third-order valence-electron chi connectivity index (χ3n) is 4.68. The number of carboxylic acid groups (broad SMARTS) is 1. The smallest absolute Gasteiger partial charge is 0.339 e. The van der Waals surface area contributed by atoms with Gasteiger partial charge in [0.1, 0.15) is 17.1 Å². The van der Waals surface area contributed by atoms with Crippen LogP contribution in [0.25, 0.3) is 10.8 Å². The molecular formula is C23H26N2O3. The van der Waals surface area contributed by atoms with Crippen LogP contribution in [0.4, 0.5) is 5.82 Å². The predicted molar refractivity (Wildman–Crippen MR) is 112 cm³/mol. The molecule has 0 saturated heterocycles. The minimum atomic E-state index is -0.973. The number of ether oxygens (including phenoxy) is 1. The van der Waals surface area contributed by atoms with Crippen LogP contribution in [0.5, 0.6) is 5.75 Å². The van der Waals surface area contributed by atoms with Crippen molar-refractivity contribution in [2.24, 2.45) is 0 Å². The second-order valence-electron chi connectivity index (χ2n) is 6.70. The topological polar surface area (TPSA) is 62.7 Å². The third-order valence-corrected chi connectivity index (χ3v) is 4.68. The number of carbonyl (C=O) groups is 1. The number of aromatic nitrogens is 1. The molecule has 1 aromatic heterocycles. The van der Waals surface area contributed by atoms with E-state index in [2.05, 4.69) is 16.8 Å². The number of unbranched alkanes of at least 4 members (excludes halogenated alkanes) is 1. The molecule has 0 fully saturated rings. The molecular weight excluding hydrogens is 352 g/mol. The van der Waals surface area contributed by atoms with E-state index in [1.165, 1.54) is 0 Å². The van der Waals surface area contributed by atoms with Crippen molar-refractivity contribution in [1.29, 1.82) is 0 Å². The van der Waals surface area contributed by atoms with E-state index in [1.807, 2.05) is 48.5 Å². The maximum Gasteiger partial charge on any atom is 0.339 e. The zero-order chi connectivity index (χ0) is 19.8. The SMILES string of the molecule is CCCCN(CCCOc1c(C(=O)O)ccc2ccccc12)c1ccccn1. The van der Waals surface area contributed by atoms with Crippen molar-refractivity contribution in [1.82, 2.24) is 4.98 Å². The van der Waals surface area contributed by atoms with E-state index in [0.717, 1.165) is 48.9 Å². The van der Waals surface area contributed by atoms with Gasteiger partial charge in [0.2, 0.25) is 0 Å². The highest BCUT2D eigenvalue weighted by molar-refractivity contribution is 6.00. The number of benzene rings is 2. The van der Waals surface area contributed by atoms with Gasteiger partial charge in [-0.05, 0) is 36.4 Å².